The van der Waals surface area contributed by atoms with E-state index >= 15 is 0 Å². The molecule has 0 aliphatic heterocycles. The zero-order valence-electron chi connectivity index (χ0n) is 16.4. The van der Waals surface area contributed by atoms with E-state index in [1.807, 2.05) is 0 Å². The topological polar surface area (TPSA) is 27.7 Å². The molecule has 0 amide bonds. The Balaban J connectivity index is 2.50. The third kappa shape index (κ3) is 3.91. The SMILES string of the molecule is COC1=CC(C)(C)C=C(OC)C1(/C=C/[Si](C)(C)c1ccccc1)OC. The first-order chi connectivity index (χ1) is 11.7. The highest BCUT2D eigenvalue weighted by atomic mass is 28.3. The van der Waals surface area contributed by atoms with Crippen LogP contribution in [0.4, 0.5) is 0 Å². The number of ether oxygens (including phenoxy) is 3. The van der Waals surface area contributed by atoms with Gasteiger partial charge in [-0.15, -0.1) is 0 Å². The van der Waals surface area contributed by atoms with Crippen molar-refractivity contribution in [3.05, 3.63) is 65.8 Å². The van der Waals surface area contributed by atoms with Gasteiger partial charge in [0.25, 0.3) is 0 Å². The molecule has 0 spiro atoms. The van der Waals surface area contributed by atoms with Crippen molar-refractivity contribution in [2.24, 2.45) is 5.41 Å². The molecule has 0 radical (unpaired) electrons. The Hall–Kier alpha value is -1.78. The summed E-state index contributed by atoms with van der Waals surface area (Å²) in [6, 6.07) is 10.6. The molecule has 0 saturated carbocycles. The molecule has 1 aromatic carbocycles. The van der Waals surface area contributed by atoms with Crippen LogP contribution < -0.4 is 5.19 Å². The normalized spacial score (nSPS) is 19.3. The van der Waals surface area contributed by atoms with Crippen LogP contribution >= 0.6 is 0 Å². The summed E-state index contributed by atoms with van der Waals surface area (Å²) in [5.41, 5.74) is 1.32. The lowest BCUT2D eigenvalue weighted by Gasteiger charge is -2.39. The third-order valence-corrected chi connectivity index (χ3v) is 7.57. The number of rotatable bonds is 6. The molecule has 0 heterocycles. The fourth-order valence-corrected chi connectivity index (χ4v) is 5.09. The van der Waals surface area contributed by atoms with Crippen LogP contribution in [0.1, 0.15) is 13.8 Å². The Labute approximate surface area is 153 Å². The first-order valence-corrected chi connectivity index (χ1v) is 11.6. The molecule has 25 heavy (non-hydrogen) atoms. The molecule has 0 unspecified atom stereocenters. The zero-order valence-corrected chi connectivity index (χ0v) is 17.4. The Morgan fingerprint density at radius 1 is 0.880 bits per heavy atom. The van der Waals surface area contributed by atoms with E-state index in [9.17, 15) is 0 Å². The van der Waals surface area contributed by atoms with Gasteiger partial charge >= 0.3 is 0 Å². The molecule has 0 saturated heterocycles. The maximum absolute atomic E-state index is 5.96. The van der Waals surface area contributed by atoms with E-state index in [4.69, 9.17) is 14.2 Å². The second-order valence-corrected chi connectivity index (χ2v) is 12.0. The summed E-state index contributed by atoms with van der Waals surface area (Å²) in [5, 5.41) is 1.37. The molecule has 1 aliphatic rings. The lowest BCUT2D eigenvalue weighted by molar-refractivity contribution is 0.000975. The van der Waals surface area contributed by atoms with Crippen molar-refractivity contribution in [2.45, 2.75) is 32.5 Å². The molecule has 1 aromatic rings. The van der Waals surface area contributed by atoms with Crippen molar-refractivity contribution in [1.82, 2.24) is 0 Å². The fraction of sp³-hybridized carbons (Fsp3) is 0.429. The molecule has 0 aromatic heterocycles. The summed E-state index contributed by atoms with van der Waals surface area (Å²) in [7, 11) is 3.29. The summed E-state index contributed by atoms with van der Waals surface area (Å²) < 4.78 is 17.4. The lowest BCUT2D eigenvalue weighted by Crippen LogP contribution is -2.43. The summed E-state index contributed by atoms with van der Waals surface area (Å²) in [6.45, 7) is 8.89. The number of allylic oxidation sites excluding steroid dienone is 2. The van der Waals surface area contributed by atoms with Crippen molar-refractivity contribution in [3.63, 3.8) is 0 Å². The molecule has 1 aliphatic carbocycles. The van der Waals surface area contributed by atoms with Crippen LogP contribution in [0.15, 0.2) is 65.8 Å². The van der Waals surface area contributed by atoms with Gasteiger partial charge in [0.15, 0.2) is 5.60 Å². The standard InChI is InChI=1S/C21H30O3Si/c1-20(2)15-18(22-3)21(24-5,19(16-20)23-4)13-14-25(6,7)17-11-9-8-10-12-17/h8-16H,1-7H3/b14-13+. The Bertz CT molecular complexity index is 660. The fourth-order valence-electron chi connectivity index (χ4n) is 3.20. The van der Waals surface area contributed by atoms with Gasteiger partial charge < -0.3 is 14.2 Å². The minimum atomic E-state index is -1.77. The van der Waals surface area contributed by atoms with Crippen molar-refractivity contribution in [1.29, 1.82) is 0 Å². The Kier molecular flexibility index (Phi) is 5.64. The largest absolute Gasteiger partial charge is 0.497 e. The van der Waals surface area contributed by atoms with E-state index in [0.717, 1.165) is 11.5 Å². The minimum absolute atomic E-state index is 0.154. The van der Waals surface area contributed by atoms with Crippen molar-refractivity contribution in [2.75, 3.05) is 21.3 Å². The van der Waals surface area contributed by atoms with Crippen LogP contribution in [0.2, 0.25) is 13.1 Å². The van der Waals surface area contributed by atoms with E-state index in [1.54, 1.807) is 21.3 Å². The van der Waals surface area contributed by atoms with Gasteiger partial charge in [-0.05, 0) is 18.2 Å². The predicted molar refractivity (Wildman–Crippen MR) is 106 cm³/mol. The Morgan fingerprint density at radius 3 is 1.84 bits per heavy atom. The van der Waals surface area contributed by atoms with Gasteiger partial charge in [0.1, 0.15) is 19.6 Å². The van der Waals surface area contributed by atoms with E-state index in [1.165, 1.54) is 5.19 Å². The molecule has 136 valence electrons. The number of benzene rings is 1. The molecule has 0 atom stereocenters. The molecular formula is C21H30O3Si. The lowest BCUT2D eigenvalue weighted by atomic mass is 9.80. The van der Waals surface area contributed by atoms with Crippen LogP contribution in [0.5, 0.6) is 0 Å². The van der Waals surface area contributed by atoms with Gasteiger partial charge in [-0.3, -0.25) is 0 Å². The summed E-state index contributed by atoms with van der Waals surface area (Å²) in [4.78, 5) is 0. The number of hydrogen-bond acceptors (Lipinski definition) is 3. The minimum Gasteiger partial charge on any atom is -0.497 e. The van der Waals surface area contributed by atoms with Crippen molar-refractivity contribution >= 4 is 13.3 Å². The summed E-state index contributed by atoms with van der Waals surface area (Å²) >= 11 is 0. The van der Waals surface area contributed by atoms with E-state index in [0.29, 0.717) is 0 Å². The number of methoxy groups -OCH3 is 3. The monoisotopic (exact) mass is 358 g/mol. The first-order valence-electron chi connectivity index (χ1n) is 8.56. The first kappa shape index (κ1) is 19.5. The van der Waals surface area contributed by atoms with Gasteiger partial charge in [-0.1, -0.05) is 68.2 Å². The highest BCUT2D eigenvalue weighted by molar-refractivity contribution is 6.93. The maximum Gasteiger partial charge on any atom is 0.198 e. The van der Waals surface area contributed by atoms with Gasteiger partial charge in [0.2, 0.25) is 0 Å². The summed E-state index contributed by atoms with van der Waals surface area (Å²) in [5.74, 6) is 1.52. The summed E-state index contributed by atoms with van der Waals surface area (Å²) in [6.07, 6.45) is 6.30. The zero-order chi connectivity index (χ0) is 18.7. The molecule has 4 heteroatoms. The van der Waals surface area contributed by atoms with Gasteiger partial charge in [0.05, 0.1) is 14.2 Å². The van der Waals surface area contributed by atoms with E-state index < -0.39 is 13.7 Å². The van der Waals surface area contributed by atoms with Gasteiger partial charge in [-0.2, -0.15) is 0 Å². The van der Waals surface area contributed by atoms with Gasteiger partial charge in [0, 0.05) is 12.5 Å². The molecular weight excluding hydrogens is 328 g/mol. The second kappa shape index (κ2) is 7.22. The van der Waals surface area contributed by atoms with Crippen LogP contribution in [-0.2, 0) is 14.2 Å². The quantitative estimate of drug-likeness (QED) is 0.714. The maximum atomic E-state index is 5.96. The van der Waals surface area contributed by atoms with Crippen molar-refractivity contribution < 1.29 is 14.2 Å². The second-order valence-electron chi connectivity index (χ2n) is 7.61. The highest BCUT2D eigenvalue weighted by Crippen LogP contribution is 2.42. The third-order valence-electron chi connectivity index (χ3n) is 4.75. The van der Waals surface area contributed by atoms with Crippen LogP contribution in [0.25, 0.3) is 0 Å². The number of hydrogen-bond donors (Lipinski definition) is 0. The smallest absolute Gasteiger partial charge is 0.198 e. The van der Waals surface area contributed by atoms with Crippen molar-refractivity contribution in [3.8, 4) is 0 Å². The van der Waals surface area contributed by atoms with Crippen LogP contribution in [0.3, 0.4) is 0 Å². The van der Waals surface area contributed by atoms with Crippen LogP contribution in [-0.4, -0.2) is 35.0 Å². The van der Waals surface area contributed by atoms with E-state index in [2.05, 4.69) is 81.2 Å². The molecule has 2 rings (SSSR count). The molecule has 0 N–H and O–H groups in total. The highest BCUT2D eigenvalue weighted by Gasteiger charge is 2.44. The molecule has 0 bridgehead atoms. The van der Waals surface area contributed by atoms with E-state index in [-0.39, 0.29) is 5.41 Å². The average Bonchev–Trinajstić information content (AvgIpc) is 2.60. The molecule has 0 fully saturated rings. The molecule has 3 nitrogen and oxygen atoms in total. The average molecular weight is 359 g/mol. The Morgan fingerprint density at radius 2 is 1.40 bits per heavy atom. The van der Waals surface area contributed by atoms with Crippen LogP contribution in [0, 0.1) is 5.41 Å². The van der Waals surface area contributed by atoms with Gasteiger partial charge in [-0.25, -0.2) is 0 Å². The predicted octanol–water partition coefficient (Wildman–Crippen LogP) is 4.18.